The van der Waals surface area contributed by atoms with E-state index >= 15 is 0 Å². The van der Waals surface area contributed by atoms with Crippen molar-refractivity contribution in [3.05, 3.63) is 0 Å². The fourth-order valence-electron chi connectivity index (χ4n) is 0.240. The van der Waals surface area contributed by atoms with Gasteiger partial charge in [-0.15, -0.1) is 0 Å². The Morgan fingerprint density at radius 1 is 1.67 bits per heavy atom. The lowest BCUT2D eigenvalue weighted by Crippen LogP contribution is -2.38. The van der Waals surface area contributed by atoms with E-state index in [0.29, 0.717) is 6.54 Å². The Hall–Kier alpha value is -0.770. The largest absolute Gasteiger partial charge is 0.409 e. The Morgan fingerprint density at radius 2 is 2.11 bits per heavy atom. The minimum atomic E-state index is -0.394. The Bertz CT molecular complexity index is 119. The number of hydrogen-bond acceptors (Lipinski definition) is 3. The van der Waals surface area contributed by atoms with Gasteiger partial charge in [0.05, 0.1) is 0 Å². The van der Waals surface area contributed by atoms with E-state index in [1.165, 1.54) is 0 Å². The molecule has 0 heterocycles. The molecule has 0 saturated heterocycles. The molecule has 0 aliphatic rings. The summed E-state index contributed by atoms with van der Waals surface area (Å²) in [6, 6.07) is 0. The zero-order valence-corrected chi connectivity index (χ0v) is 5.76. The summed E-state index contributed by atoms with van der Waals surface area (Å²) in [5.41, 5.74) is 10.2. The van der Waals surface area contributed by atoms with Crippen LogP contribution in [0.15, 0.2) is 5.16 Å². The van der Waals surface area contributed by atoms with E-state index in [1.807, 2.05) is 13.8 Å². The van der Waals surface area contributed by atoms with Crippen LogP contribution < -0.4 is 11.5 Å². The molecule has 0 aromatic rings. The van der Waals surface area contributed by atoms with Crippen molar-refractivity contribution in [2.75, 3.05) is 6.54 Å². The van der Waals surface area contributed by atoms with Crippen LogP contribution in [0.25, 0.3) is 0 Å². The van der Waals surface area contributed by atoms with Crippen LogP contribution in [0, 0.1) is 5.41 Å². The first kappa shape index (κ1) is 8.23. The average molecular weight is 131 g/mol. The van der Waals surface area contributed by atoms with Crippen molar-refractivity contribution in [1.82, 2.24) is 0 Å². The first-order valence-corrected chi connectivity index (χ1v) is 2.72. The van der Waals surface area contributed by atoms with Crippen molar-refractivity contribution in [3.63, 3.8) is 0 Å². The third-order valence-corrected chi connectivity index (χ3v) is 1.31. The molecule has 9 heavy (non-hydrogen) atoms. The van der Waals surface area contributed by atoms with Gasteiger partial charge < -0.3 is 16.7 Å². The van der Waals surface area contributed by atoms with Gasteiger partial charge in [0.15, 0.2) is 0 Å². The second-order valence-corrected chi connectivity index (χ2v) is 2.57. The van der Waals surface area contributed by atoms with Gasteiger partial charge in [-0.05, 0) is 0 Å². The third kappa shape index (κ3) is 1.89. The Morgan fingerprint density at radius 3 is 2.22 bits per heavy atom. The standard InChI is InChI=1S/C5H13N3O/c1-5(2,3-6)4(7)8-9/h9H,3,6H2,1-2H3,(H2,7,8). The van der Waals surface area contributed by atoms with E-state index in [9.17, 15) is 0 Å². The highest BCUT2D eigenvalue weighted by atomic mass is 16.4. The van der Waals surface area contributed by atoms with Crippen molar-refractivity contribution in [2.45, 2.75) is 13.8 Å². The number of nitrogens with two attached hydrogens (primary N) is 2. The second-order valence-electron chi connectivity index (χ2n) is 2.57. The lowest BCUT2D eigenvalue weighted by molar-refractivity contribution is 0.308. The molecule has 0 aliphatic carbocycles. The summed E-state index contributed by atoms with van der Waals surface area (Å²) in [6.45, 7) is 3.99. The van der Waals surface area contributed by atoms with Gasteiger partial charge in [-0.2, -0.15) is 0 Å². The van der Waals surface area contributed by atoms with Crippen molar-refractivity contribution in [3.8, 4) is 0 Å². The lowest BCUT2D eigenvalue weighted by atomic mass is 9.93. The molecule has 0 fully saturated rings. The lowest BCUT2D eigenvalue weighted by Gasteiger charge is -2.19. The van der Waals surface area contributed by atoms with Gasteiger partial charge in [0.25, 0.3) is 0 Å². The van der Waals surface area contributed by atoms with Crippen LogP contribution in [0.3, 0.4) is 0 Å². The van der Waals surface area contributed by atoms with Gasteiger partial charge in [0.1, 0.15) is 5.84 Å². The molecule has 0 rings (SSSR count). The molecule has 0 atom stereocenters. The van der Waals surface area contributed by atoms with Crippen molar-refractivity contribution < 1.29 is 5.21 Å². The molecule has 0 aromatic carbocycles. The minimum Gasteiger partial charge on any atom is -0.409 e. The SMILES string of the molecule is CC(C)(CN)C(N)=NO. The molecule has 4 nitrogen and oxygen atoms in total. The fourth-order valence-corrected chi connectivity index (χ4v) is 0.240. The van der Waals surface area contributed by atoms with Crippen molar-refractivity contribution >= 4 is 5.84 Å². The zero-order chi connectivity index (χ0) is 7.49. The Labute approximate surface area is 54.5 Å². The summed E-state index contributed by atoms with van der Waals surface area (Å²) < 4.78 is 0. The first-order valence-electron chi connectivity index (χ1n) is 2.72. The van der Waals surface area contributed by atoms with Crippen LogP contribution in [0.5, 0.6) is 0 Å². The normalized spacial score (nSPS) is 13.9. The summed E-state index contributed by atoms with van der Waals surface area (Å²) in [4.78, 5) is 0. The van der Waals surface area contributed by atoms with Gasteiger partial charge in [-0.1, -0.05) is 19.0 Å². The van der Waals surface area contributed by atoms with Gasteiger partial charge >= 0.3 is 0 Å². The summed E-state index contributed by atoms with van der Waals surface area (Å²) in [7, 11) is 0. The van der Waals surface area contributed by atoms with Crippen LogP contribution in [0.2, 0.25) is 0 Å². The maximum atomic E-state index is 8.21. The molecule has 0 aliphatic heterocycles. The maximum Gasteiger partial charge on any atom is 0.146 e. The molecule has 0 spiro atoms. The van der Waals surface area contributed by atoms with E-state index in [0.717, 1.165) is 0 Å². The van der Waals surface area contributed by atoms with Crippen LogP contribution in [0.4, 0.5) is 0 Å². The quantitative estimate of drug-likeness (QED) is 0.208. The Balaban J connectivity index is 4.14. The van der Waals surface area contributed by atoms with E-state index in [4.69, 9.17) is 16.7 Å². The van der Waals surface area contributed by atoms with Crippen LogP contribution >= 0.6 is 0 Å². The summed E-state index contributed by atoms with van der Waals surface area (Å²) in [6.07, 6.45) is 0. The molecular formula is C5H13N3O. The van der Waals surface area contributed by atoms with Crippen LogP contribution in [0.1, 0.15) is 13.8 Å². The molecule has 0 amide bonds. The molecule has 0 bridgehead atoms. The highest BCUT2D eigenvalue weighted by Gasteiger charge is 2.20. The zero-order valence-electron chi connectivity index (χ0n) is 5.76. The monoisotopic (exact) mass is 131 g/mol. The topological polar surface area (TPSA) is 84.6 Å². The van der Waals surface area contributed by atoms with Crippen molar-refractivity contribution in [2.24, 2.45) is 22.0 Å². The molecule has 0 unspecified atom stereocenters. The molecule has 54 valence electrons. The molecule has 4 heteroatoms. The molecule has 5 N–H and O–H groups in total. The first-order chi connectivity index (χ1) is 4.04. The van der Waals surface area contributed by atoms with Crippen LogP contribution in [-0.2, 0) is 0 Å². The van der Waals surface area contributed by atoms with Gasteiger partial charge in [0, 0.05) is 12.0 Å². The fraction of sp³-hybridized carbons (Fsp3) is 0.800. The predicted molar refractivity (Wildman–Crippen MR) is 36.2 cm³/mol. The highest BCUT2D eigenvalue weighted by molar-refractivity contribution is 5.85. The number of rotatable bonds is 2. The Kier molecular flexibility index (Phi) is 2.45. The molecule has 0 radical (unpaired) electrons. The highest BCUT2D eigenvalue weighted by Crippen LogP contribution is 2.11. The molecule has 0 aromatic heterocycles. The number of hydrogen-bond donors (Lipinski definition) is 3. The molecule has 0 saturated carbocycles. The van der Waals surface area contributed by atoms with E-state index < -0.39 is 5.41 Å². The van der Waals surface area contributed by atoms with E-state index in [2.05, 4.69) is 5.16 Å². The van der Waals surface area contributed by atoms with Gasteiger partial charge in [0.2, 0.25) is 0 Å². The smallest absolute Gasteiger partial charge is 0.146 e. The van der Waals surface area contributed by atoms with Crippen LogP contribution in [-0.4, -0.2) is 17.6 Å². The van der Waals surface area contributed by atoms with Crippen molar-refractivity contribution in [1.29, 1.82) is 0 Å². The minimum absolute atomic E-state index is 0.171. The van der Waals surface area contributed by atoms with E-state index in [-0.39, 0.29) is 5.84 Å². The summed E-state index contributed by atoms with van der Waals surface area (Å²) in [5.74, 6) is 0.171. The predicted octanol–water partition coefficient (Wildman–Crippen LogP) is -0.282. The number of nitrogens with zero attached hydrogens (tertiary/aromatic N) is 1. The van der Waals surface area contributed by atoms with E-state index in [1.54, 1.807) is 0 Å². The average Bonchev–Trinajstić information content (AvgIpc) is 1.86. The summed E-state index contributed by atoms with van der Waals surface area (Å²) in [5, 5.41) is 11.1. The van der Waals surface area contributed by atoms with Gasteiger partial charge in [-0.3, -0.25) is 0 Å². The van der Waals surface area contributed by atoms with Gasteiger partial charge in [-0.25, -0.2) is 0 Å². The third-order valence-electron chi connectivity index (χ3n) is 1.31. The number of amidine groups is 1. The number of oxime groups is 1. The summed E-state index contributed by atoms with van der Waals surface area (Å²) >= 11 is 0. The maximum absolute atomic E-state index is 8.21. The second kappa shape index (κ2) is 2.68. The molecular weight excluding hydrogens is 118 g/mol.